The predicted molar refractivity (Wildman–Crippen MR) is 165 cm³/mol. The molecule has 1 aromatic carbocycles. The highest BCUT2D eigenvalue weighted by molar-refractivity contribution is 5.92. The van der Waals surface area contributed by atoms with E-state index in [1.54, 1.807) is 30.3 Å². The lowest BCUT2D eigenvalue weighted by molar-refractivity contribution is -0.143. The molecule has 0 heterocycles. The SMILES string of the molecule is NCCOCCOCCOCCOCCC(=O)NCC(=O)NCC(=O)N[C@@H](Cc1ccccc1)C(=O)NCC(=O)NCOCC(=O)O. The summed E-state index contributed by atoms with van der Waals surface area (Å²) in [6.45, 7) is 1.17. The second-order valence-corrected chi connectivity index (χ2v) is 9.56. The first-order valence-corrected chi connectivity index (χ1v) is 14.9. The molecule has 5 amide bonds. The summed E-state index contributed by atoms with van der Waals surface area (Å²) in [7, 11) is 0. The summed E-state index contributed by atoms with van der Waals surface area (Å²) < 4.78 is 25.9. The highest BCUT2D eigenvalue weighted by atomic mass is 16.6. The molecule has 0 spiro atoms. The fraction of sp³-hybridized carbons (Fsp3) is 0.586. The molecule has 1 rings (SSSR count). The standard InChI is InChI=1S/C29H46N6O12/c30-7-9-44-11-13-46-15-14-45-12-10-43-8-6-24(36)31-17-25(37)32-19-27(39)35-23(16-22-4-2-1-3-5-22)29(42)33-18-26(38)34-21-47-20-28(40)41/h1-5,23H,6-21,30H2,(H,31,36)(H,32,37)(H,33,42)(H,34,38)(H,35,39)(H,40,41)/t23-/m0/s1. The van der Waals surface area contributed by atoms with Crippen molar-refractivity contribution in [3.63, 3.8) is 0 Å². The number of amides is 5. The molecule has 0 aliphatic rings. The number of hydrogen-bond acceptors (Lipinski definition) is 12. The van der Waals surface area contributed by atoms with Crippen molar-refractivity contribution in [3.05, 3.63) is 35.9 Å². The molecule has 0 saturated heterocycles. The van der Waals surface area contributed by atoms with E-state index in [-0.39, 0.29) is 39.3 Å². The molecule has 8 N–H and O–H groups in total. The average Bonchev–Trinajstić information content (AvgIpc) is 3.05. The minimum atomic E-state index is -1.20. The molecule has 18 nitrogen and oxygen atoms in total. The zero-order valence-corrected chi connectivity index (χ0v) is 26.3. The van der Waals surface area contributed by atoms with Crippen molar-refractivity contribution in [2.24, 2.45) is 5.73 Å². The van der Waals surface area contributed by atoms with Gasteiger partial charge < -0.3 is 61.1 Å². The van der Waals surface area contributed by atoms with Crippen LogP contribution in [-0.2, 0) is 58.9 Å². The Morgan fingerprint density at radius 3 is 1.79 bits per heavy atom. The number of carboxylic acids is 1. The maximum absolute atomic E-state index is 12.8. The average molecular weight is 671 g/mol. The van der Waals surface area contributed by atoms with Crippen LogP contribution in [0, 0.1) is 0 Å². The van der Waals surface area contributed by atoms with Gasteiger partial charge in [0.1, 0.15) is 19.4 Å². The van der Waals surface area contributed by atoms with Gasteiger partial charge in [0.2, 0.25) is 29.5 Å². The van der Waals surface area contributed by atoms with Gasteiger partial charge in [0.15, 0.2) is 0 Å². The number of nitrogens with one attached hydrogen (secondary N) is 5. The van der Waals surface area contributed by atoms with E-state index in [2.05, 4.69) is 26.6 Å². The van der Waals surface area contributed by atoms with Crippen LogP contribution in [0.15, 0.2) is 30.3 Å². The fourth-order valence-corrected chi connectivity index (χ4v) is 3.45. The number of aliphatic carboxylic acids is 1. The van der Waals surface area contributed by atoms with Crippen LogP contribution in [-0.4, -0.2) is 139 Å². The summed E-state index contributed by atoms with van der Waals surface area (Å²) in [5, 5.41) is 20.5. The number of ether oxygens (including phenoxy) is 5. The van der Waals surface area contributed by atoms with Crippen LogP contribution in [0.3, 0.4) is 0 Å². The van der Waals surface area contributed by atoms with Gasteiger partial charge in [0.05, 0.1) is 72.5 Å². The van der Waals surface area contributed by atoms with Gasteiger partial charge >= 0.3 is 5.97 Å². The van der Waals surface area contributed by atoms with E-state index in [4.69, 9.17) is 34.5 Å². The Hall–Kier alpha value is -4.20. The molecule has 0 bridgehead atoms. The molecular formula is C29H46N6O12. The van der Waals surface area contributed by atoms with Crippen molar-refractivity contribution < 1.29 is 57.6 Å². The molecule has 0 aromatic heterocycles. The molecule has 0 unspecified atom stereocenters. The van der Waals surface area contributed by atoms with Crippen molar-refractivity contribution in [1.29, 1.82) is 0 Å². The molecule has 0 saturated carbocycles. The third kappa shape index (κ3) is 23.8. The summed E-state index contributed by atoms with van der Waals surface area (Å²) >= 11 is 0. The van der Waals surface area contributed by atoms with E-state index < -0.39 is 61.2 Å². The van der Waals surface area contributed by atoms with Gasteiger partial charge in [-0.05, 0) is 5.56 Å². The summed E-state index contributed by atoms with van der Waals surface area (Å²) in [4.78, 5) is 71.8. The number of carbonyl (C=O) groups is 6. The van der Waals surface area contributed by atoms with E-state index >= 15 is 0 Å². The Morgan fingerprint density at radius 2 is 1.17 bits per heavy atom. The first kappa shape index (κ1) is 40.8. The van der Waals surface area contributed by atoms with Crippen LogP contribution in [0.5, 0.6) is 0 Å². The van der Waals surface area contributed by atoms with Crippen LogP contribution in [0.25, 0.3) is 0 Å². The smallest absolute Gasteiger partial charge is 0.329 e. The van der Waals surface area contributed by atoms with E-state index in [1.807, 2.05) is 0 Å². The van der Waals surface area contributed by atoms with E-state index in [0.29, 0.717) is 46.2 Å². The quantitative estimate of drug-likeness (QED) is 0.0340. The molecule has 0 fully saturated rings. The summed E-state index contributed by atoms with van der Waals surface area (Å²) in [5.41, 5.74) is 6.04. The van der Waals surface area contributed by atoms with Crippen molar-refractivity contribution in [1.82, 2.24) is 26.6 Å². The summed E-state index contributed by atoms with van der Waals surface area (Å²) in [6, 6.07) is 7.73. The Kier molecular flexibility index (Phi) is 23.4. The van der Waals surface area contributed by atoms with Gasteiger partial charge in [-0.15, -0.1) is 0 Å². The van der Waals surface area contributed by atoms with Gasteiger partial charge in [0.25, 0.3) is 0 Å². The molecule has 1 atom stereocenters. The number of carbonyl (C=O) groups excluding carboxylic acids is 5. The van der Waals surface area contributed by atoms with Gasteiger partial charge in [-0.3, -0.25) is 24.0 Å². The van der Waals surface area contributed by atoms with Gasteiger partial charge in [-0.25, -0.2) is 4.79 Å². The second-order valence-electron chi connectivity index (χ2n) is 9.56. The first-order valence-electron chi connectivity index (χ1n) is 14.9. The second kappa shape index (κ2) is 27.0. The zero-order valence-electron chi connectivity index (χ0n) is 26.3. The number of carboxylic acid groups (broad SMARTS) is 1. The maximum atomic E-state index is 12.8. The van der Waals surface area contributed by atoms with E-state index in [0.717, 1.165) is 5.56 Å². The minimum Gasteiger partial charge on any atom is -0.480 e. The molecule has 264 valence electrons. The van der Waals surface area contributed by atoms with Crippen LogP contribution >= 0.6 is 0 Å². The lowest BCUT2D eigenvalue weighted by Gasteiger charge is -2.19. The monoisotopic (exact) mass is 670 g/mol. The Labute approximate surface area is 272 Å². The van der Waals surface area contributed by atoms with Crippen LogP contribution < -0.4 is 32.3 Å². The van der Waals surface area contributed by atoms with E-state index in [1.165, 1.54) is 0 Å². The van der Waals surface area contributed by atoms with Crippen LogP contribution in [0.1, 0.15) is 12.0 Å². The number of nitrogens with two attached hydrogens (primary N) is 1. The largest absolute Gasteiger partial charge is 0.480 e. The topological polar surface area (TPSA) is 255 Å². The van der Waals surface area contributed by atoms with Crippen molar-refractivity contribution in [3.8, 4) is 0 Å². The van der Waals surface area contributed by atoms with Gasteiger partial charge in [-0.2, -0.15) is 0 Å². The molecular weight excluding hydrogens is 624 g/mol. The number of benzene rings is 1. The lowest BCUT2D eigenvalue weighted by Crippen LogP contribution is -2.52. The van der Waals surface area contributed by atoms with Gasteiger partial charge in [0, 0.05) is 19.4 Å². The fourth-order valence-electron chi connectivity index (χ4n) is 3.45. The molecule has 1 aromatic rings. The van der Waals surface area contributed by atoms with Crippen molar-refractivity contribution in [2.45, 2.75) is 18.9 Å². The lowest BCUT2D eigenvalue weighted by atomic mass is 10.1. The third-order valence-electron chi connectivity index (χ3n) is 5.70. The Bertz CT molecular complexity index is 1080. The number of hydrogen-bond donors (Lipinski definition) is 7. The highest BCUT2D eigenvalue weighted by Crippen LogP contribution is 2.03. The molecule has 0 radical (unpaired) electrons. The molecule has 0 aliphatic carbocycles. The van der Waals surface area contributed by atoms with E-state index in [9.17, 15) is 28.8 Å². The molecule has 18 heteroatoms. The minimum absolute atomic E-state index is 0.0172. The normalized spacial score (nSPS) is 11.3. The van der Waals surface area contributed by atoms with Crippen LogP contribution in [0.4, 0.5) is 0 Å². The Morgan fingerprint density at radius 1 is 0.638 bits per heavy atom. The third-order valence-corrected chi connectivity index (χ3v) is 5.70. The van der Waals surface area contributed by atoms with Crippen LogP contribution in [0.2, 0.25) is 0 Å². The summed E-state index contributed by atoms with van der Waals surface area (Å²) in [5.74, 6) is -4.22. The summed E-state index contributed by atoms with van der Waals surface area (Å²) in [6.07, 6.45) is 0.115. The zero-order chi connectivity index (χ0) is 34.5. The maximum Gasteiger partial charge on any atom is 0.329 e. The first-order chi connectivity index (χ1) is 22.7. The molecule has 0 aliphatic heterocycles. The van der Waals surface area contributed by atoms with Crippen molar-refractivity contribution in [2.75, 3.05) is 92.4 Å². The van der Waals surface area contributed by atoms with Gasteiger partial charge in [-0.1, -0.05) is 30.3 Å². The number of rotatable bonds is 28. The predicted octanol–water partition coefficient (Wildman–Crippen LogP) is -3.35. The highest BCUT2D eigenvalue weighted by Gasteiger charge is 2.22. The van der Waals surface area contributed by atoms with Crippen molar-refractivity contribution >= 4 is 35.5 Å². The molecule has 47 heavy (non-hydrogen) atoms. The Balaban J connectivity index is 2.27.